The zero-order chi connectivity index (χ0) is 15.4. The lowest BCUT2D eigenvalue weighted by atomic mass is 9.90. The molecule has 0 N–H and O–H groups in total. The first kappa shape index (κ1) is 14.8. The molecule has 5 nitrogen and oxygen atoms in total. The lowest BCUT2D eigenvalue weighted by Gasteiger charge is -2.31. The fraction of sp³-hybridized carbons (Fsp3) is 0.471. The number of rotatable bonds is 4. The highest BCUT2D eigenvalue weighted by Gasteiger charge is 2.25. The fourth-order valence-electron chi connectivity index (χ4n) is 2.93. The van der Waals surface area contributed by atoms with Gasteiger partial charge in [0.2, 0.25) is 0 Å². The SMILES string of the molecule is CCc1cc(C(=O)N2CCC(Cc3ccncc3)CC2)no1. The molecule has 2 aromatic rings. The highest BCUT2D eigenvalue weighted by molar-refractivity contribution is 5.92. The molecule has 0 saturated carbocycles. The Hall–Kier alpha value is -2.17. The molecule has 3 rings (SSSR count). The fourth-order valence-corrected chi connectivity index (χ4v) is 2.93. The van der Waals surface area contributed by atoms with Crippen molar-refractivity contribution in [1.82, 2.24) is 15.0 Å². The number of likely N-dealkylation sites (tertiary alicyclic amines) is 1. The van der Waals surface area contributed by atoms with Crippen LogP contribution in [0.1, 0.15) is 41.6 Å². The summed E-state index contributed by atoms with van der Waals surface area (Å²) in [5.41, 5.74) is 1.76. The average Bonchev–Trinajstić information content (AvgIpc) is 3.05. The van der Waals surface area contributed by atoms with E-state index in [2.05, 4.69) is 22.3 Å². The van der Waals surface area contributed by atoms with Crippen LogP contribution in [0.15, 0.2) is 35.1 Å². The van der Waals surface area contributed by atoms with Crippen molar-refractivity contribution in [3.63, 3.8) is 0 Å². The van der Waals surface area contributed by atoms with Crippen LogP contribution in [0.4, 0.5) is 0 Å². The van der Waals surface area contributed by atoms with Crippen LogP contribution in [0, 0.1) is 5.92 Å². The van der Waals surface area contributed by atoms with Crippen molar-refractivity contribution in [3.05, 3.63) is 47.6 Å². The Morgan fingerprint density at radius 1 is 1.32 bits per heavy atom. The number of nitrogens with zero attached hydrogens (tertiary/aromatic N) is 3. The van der Waals surface area contributed by atoms with Crippen LogP contribution < -0.4 is 0 Å². The molecule has 5 heteroatoms. The molecular formula is C17H21N3O2. The van der Waals surface area contributed by atoms with Gasteiger partial charge in [-0.25, -0.2) is 0 Å². The molecule has 1 aliphatic rings. The maximum atomic E-state index is 12.4. The van der Waals surface area contributed by atoms with Gasteiger partial charge in [-0.3, -0.25) is 9.78 Å². The van der Waals surface area contributed by atoms with Crippen LogP contribution in [-0.4, -0.2) is 34.0 Å². The molecular weight excluding hydrogens is 278 g/mol. The maximum absolute atomic E-state index is 12.4. The van der Waals surface area contributed by atoms with Crippen molar-refractivity contribution in [2.45, 2.75) is 32.6 Å². The van der Waals surface area contributed by atoms with Crippen molar-refractivity contribution in [3.8, 4) is 0 Å². The number of pyridine rings is 1. The van der Waals surface area contributed by atoms with E-state index in [1.54, 1.807) is 6.07 Å². The summed E-state index contributed by atoms with van der Waals surface area (Å²) in [4.78, 5) is 18.3. The zero-order valence-corrected chi connectivity index (χ0v) is 12.9. The Morgan fingerprint density at radius 2 is 2.05 bits per heavy atom. The minimum absolute atomic E-state index is 0.00851. The second kappa shape index (κ2) is 6.73. The van der Waals surface area contributed by atoms with Crippen molar-refractivity contribution in [2.24, 2.45) is 5.92 Å². The number of carbonyl (C=O) groups excluding carboxylic acids is 1. The van der Waals surface area contributed by atoms with E-state index in [0.717, 1.165) is 44.5 Å². The van der Waals surface area contributed by atoms with Crippen molar-refractivity contribution >= 4 is 5.91 Å². The summed E-state index contributed by atoms with van der Waals surface area (Å²) >= 11 is 0. The molecule has 22 heavy (non-hydrogen) atoms. The third kappa shape index (κ3) is 3.35. The van der Waals surface area contributed by atoms with E-state index < -0.39 is 0 Å². The lowest BCUT2D eigenvalue weighted by Crippen LogP contribution is -2.39. The molecule has 0 bridgehead atoms. The lowest BCUT2D eigenvalue weighted by molar-refractivity contribution is 0.0680. The number of amides is 1. The molecule has 2 aromatic heterocycles. The van der Waals surface area contributed by atoms with E-state index in [9.17, 15) is 4.79 Å². The standard InChI is InChI=1S/C17H21N3O2/c1-2-15-12-16(19-22-15)17(21)20-9-5-14(6-10-20)11-13-3-7-18-8-4-13/h3-4,7-8,12,14H,2,5-6,9-11H2,1H3. The van der Waals surface area contributed by atoms with Gasteiger partial charge in [-0.1, -0.05) is 12.1 Å². The van der Waals surface area contributed by atoms with E-state index in [1.807, 2.05) is 24.2 Å². The van der Waals surface area contributed by atoms with Gasteiger partial charge in [-0.2, -0.15) is 0 Å². The van der Waals surface area contributed by atoms with Crippen LogP contribution in [0.3, 0.4) is 0 Å². The molecule has 1 aliphatic heterocycles. The molecule has 1 fully saturated rings. The largest absolute Gasteiger partial charge is 0.361 e. The number of aromatic nitrogens is 2. The molecule has 1 amide bonds. The number of piperidine rings is 1. The van der Waals surface area contributed by atoms with Crippen molar-refractivity contribution < 1.29 is 9.32 Å². The monoisotopic (exact) mass is 299 g/mol. The minimum atomic E-state index is -0.00851. The maximum Gasteiger partial charge on any atom is 0.276 e. The molecule has 1 saturated heterocycles. The normalized spacial score (nSPS) is 16.0. The molecule has 0 radical (unpaired) electrons. The van der Waals surface area contributed by atoms with E-state index in [-0.39, 0.29) is 5.91 Å². The summed E-state index contributed by atoms with van der Waals surface area (Å²) < 4.78 is 5.12. The van der Waals surface area contributed by atoms with Gasteiger partial charge in [-0.15, -0.1) is 0 Å². The summed E-state index contributed by atoms with van der Waals surface area (Å²) in [5.74, 6) is 1.39. The van der Waals surface area contributed by atoms with E-state index in [1.165, 1.54) is 5.56 Å². The van der Waals surface area contributed by atoms with Crippen molar-refractivity contribution in [1.29, 1.82) is 0 Å². The van der Waals surface area contributed by atoms with Gasteiger partial charge in [-0.05, 0) is 42.9 Å². The first-order valence-electron chi connectivity index (χ1n) is 7.90. The Bertz CT molecular complexity index is 616. The van der Waals surface area contributed by atoms with Gasteiger partial charge in [0.25, 0.3) is 5.91 Å². The van der Waals surface area contributed by atoms with E-state index >= 15 is 0 Å². The molecule has 116 valence electrons. The van der Waals surface area contributed by atoms with Gasteiger partial charge in [0.1, 0.15) is 5.76 Å². The number of carbonyl (C=O) groups is 1. The summed E-state index contributed by atoms with van der Waals surface area (Å²) in [6, 6.07) is 5.89. The third-order valence-electron chi connectivity index (χ3n) is 4.30. The van der Waals surface area contributed by atoms with Gasteiger partial charge in [0.05, 0.1) is 0 Å². The molecule has 0 spiro atoms. The molecule has 0 aliphatic carbocycles. The smallest absolute Gasteiger partial charge is 0.276 e. The van der Waals surface area contributed by atoms with E-state index in [4.69, 9.17) is 4.52 Å². The van der Waals surface area contributed by atoms with Gasteiger partial charge >= 0.3 is 0 Å². The Kier molecular flexibility index (Phi) is 4.51. The number of hydrogen-bond donors (Lipinski definition) is 0. The molecule has 3 heterocycles. The quantitative estimate of drug-likeness (QED) is 0.871. The zero-order valence-electron chi connectivity index (χ0n) is 12.9. The predicted molar refractivity (Wildman–Crippen MR) is 82.4 cm³/mol. The topological polar surface area (TPSA) is 59.2 Å². The second-order valence-corrected chi connectivity index (χ2v) is 5.83. The van der Waals surface area contributed by atoms with Crippen LogP contribution in [0.25, 0.3) is 0 Å². The summed E-state index contributed by atoms with van der Waals surface area (Å²) in [7, 11) is 0. The first-order chi connectivity index (χ1) is 10.8. The average molecular weight is 299 g/mol. The summed E-state index contributed by atoms with van der Waals surface area (Å²) in [6.45, 7) is 3.57. The highest BCUT2D eigenvalue weighted by Crippen LogP contribution is 2.22. The van der Waals surface area contributed by atoms with Gasteiger partial charge in [0.15, 0.2) is 5.69 Å². The summed E-state index contributed by atoms with van der Waals surface area (Å²) in [6.07, 6.45) is 7.57. The van der Waals surface area contributed by atoms with Gasteiger partial charge < -0.3 is 9.42 Å². The summed E-state index contributed by atoms with van der Waals surface area (Å²) in [5, 5.41) is 3.88. The van der Waals surface area contributed by atoms with Crippen LogP contribution in [0.2, 0.25) is 0 Å². The third-order valence-corrected chi connectivity index (χ3v) is 4.30. The second-order valence-electron chi connectivity index (χ2n) is 5.83. The van der Waals surface area contributed by atoms with Crippen LogP contribution >= 0.6 is 0 Å². The van der Waals surface area contributed by atoms with Crippen LogP contribution in [-0.2, 0) is 12.8 Å². The molecule has 0 atom stereocenters. The molecule has 0 aromatic carbocycles. The van der Waals surface area contributed by atoms with Crippen molar-refractivity contribution in [2.75, 3.05) is 13.1 Å². The molecule has 0 unspecified atom stereocenters. The number of aryl methyl sites for hydroxylation is 1. The first-order valence-corrected chi connectivity index (χ1v) is 7.90. The van der Waals surface area contributed by atoms with E-state index in [0.29, 0.717) is 11.6 Å². The van der Waals surface area contributed by atoms with Crippen LogP contribution in [0.5, 0.6) is 0 Å². The Morgan fingerprint density at radius 3 is 2.68 bits per heavy atom. The van der Waals surface area contributed by atoms with Gasteiger partial charge in [0, 0.05) is 38.0 Å². The minimum Gasteiger partial charge on any atom is -0.361 e. The highest BCUT2D eigenvalue weighted by atomic mass is 16.5. The number of hydrogen-bond acceptors (Lipinski definition) is 4. The Labute approximate surface area is 130 Å². The predicted octanol–water partition coefficient (Wildman–Crippen LogP) is 2.73. The Balaban J connectivity index is 1.54.